The number of methoxy groups -OCH3 is 1. The van der Waals surface area contributed by atoms with Crippen LogP contribution in [0.2, 0.25) is 0 Å². The molecule has 2 nitrogen and oxygen atoms in total. The van der Waals surface area contributed by atoms with E-state index in [-0.39, 0.29) is 5.92 Å². The number of ether oxygens (including phenoxy) is 1. The second-order valence-electron chi connectivity index (χ2n) is 2.82. The largest absolute Gasteiger partial charge is 0.501 e. The SMILES string of the molecule is C=C(C)C(C)/C(=C\CC=N)OC. The molecule has 0 saturated carbocycles. The van der Waals surface area contributed by atoms with E-state index in [4.69, 9.17) is 10.1 Å². The molecule has 0 amide bonds. The van der Waals surface area contributed by atoms with Crippen molar-refractivity contribution in [3.05, 3.63) is 24.0 Å². The lowest BCUT2D eigenvalue weighted by molar-refractivity contribution is 0.257. The molecule has 0 aromatic rings. The van der Waals surface area contributed by atoms with E-state index in [1.165, 1.54) is 6.21 Å². The fourth-order valence-corrected chi connectivity index (χ4v) is 0.855. The summed E-state index contributed by atoms with van der Waals surface area (Å²) in [6.07, 6.45) is 3.89. The Morgan fingerprint density at radius 1 is 1.67 bits per heavy atom. The van der Waals surface area contributed by atoms with Crippen LogP contribution in [0.25, 0.3) is 0 Å². The van der Waals surface area contributed by atoms with Crippen LogP contribution in [-0.2, 0) is 4.74 Å². The number of nitrogens with one attached hydrogen (secondary N) is 1. The number of hydrogen-bond donors (Lipinski definition) is 1. The van der Waals surface area contributed by atoms with Crippen molar-refractivity contribution in [3.63, 3.8) is 0 Å². The lowest BCUT2D eigenvalue weighted by Crippen LogP contribution is -2.02. The molecule has 0 rings (SSSR count). The van der Waals surface area contributed by atoms with Crippen LogP contribution in [-0.4, -0.2) is 13.3 Å². The van der Waals surface area contributed by atoms with Gasteiger partial charge in [0.15, 0.2) is 0 Å². The predicted octanol–water partition coefficient (Wildman–Crippen LogP) is 2.77. The smallest absolute Gasteiger partial charge is 0.0987 e. The molecular formula is C10H17NO. The third-order valence-corrected chi connectivity index (χ3v) is 1.84. The first-order chi connectivity index (χ1) is 5.63. The Kier molecular flexibility index (Phi) is 5.09. The molecule has 0 saturated heterocycles. The van der Waals surface area contributed by atoms with Gasteiger partial charge in [0.25, 0.3) is 0 Å². The first-order valence-corrected chi connectivity index (χ1v) is 4.01. The molecule has 0 radical (unpaired) electrons. The van der Waals surface area contributed by atoms with E-state index >= 15 is 0 Å². The molecule has 0 bridgehead atoms. The van der Waals surface area contributed by atoms with Gasteiger partial charge in [-0.15, -0.1) is 0 Å². The van der Waals surface area contributed by atoms with Gasteiger partial charge in [-0.1, -0.05) is 19.1 Å². The van der Waals surface area contributed by atoms with Crippen LogP contribution >= 0.6 is 0 Å². The van der Waals surface area contributed by atoms with Gasteiger partial charge in [-0.2, -0.15) is 0 Å². The van der Waals surface area contributed by atoms with Crippen molar-refractivity contribution in [3.8, 4) is 0 Å². The Balaban J connectivity index is 4.32. The summed E-state index contributed by atoms with van der Waals surface area (Å²) in [5, 5.41) is 6.87. The summed E-state index contributed by atoms with van der Waals surface area (Å²) in [7, 11) is 1.65. The van der Waals surface area contributed by atoms with E-state index in [0.717, 1.165) is 11.3 Å². The highest BCUT2D eigenvalue weighted by Gasteiger charge is 2.08. The molecule has 0 heterocycles. The topological polar surface area (TPSA) is 33.1 Å². The Hall–Kier alpha value is -1.05. The van der Waals surface area contributed by atoms with Gasteiger partial charge in [-0.25, -0.2) is 0 Å². The van der Waals surface area contributed by atoms with Crippen molar-refractivity contribution in [2.75, 3.05) is 7.11 Å². The minimum Gasteiger partial charge on any atom is -0.501 e. The van der Waals surface area contributed by atoms with Gasteiger partial charge in [0, 0.05) is 12.3 Å². The summed E-state index contributed by atoms with van der Waals surface area (Å²) in [6, 6.07) is 0. The van der Waals surface area contributed by atoms with Crippen LogP contribution in [0.5, 0.6) is 0 Å². The zero-order valence-electron chi connectivity index (χ0n) is 8.05. The molecule has 0 aromatic carbocycles. The summed E-state index contributed by atoms with van der Waals surface area (Å²) in [6.45, 7) is 7.87. The van der Waals surface area contributed by atoms with Crippen molar-refractivity contribution in [1.29, 1.82) is 5.41 Å². The lowest BCUT2D eigenvalue weighted by atomic mass is 10.0. The Morgan fingerprint density at radius 3 is 2.58 bits per heavy atom. The molecule has 0 aliphatic carbocycles. The van der Waals surface area contributed by atoms with Gasteiger partial charge in [0.2, 0.25) is 0 Å². The van der Waals surface area contributed by atoms with Gasteiger partial charge in [-0.05, 0) is 19.2 Å². The maximum atomic E-state index is 6.87. The summed E-state index contributed by atoms with van der Waals surface area (Å²) in [5.74, 6) is 1.14. The first kappa shape index (κ1) is 11.0. The molecule has 1 unspecified atom stereocenters. The molecule has 0 aliphatic rings. The van der Waals surface area contributed by atoms with E-state index in [1.54, 1.807) is 7.11 Å². The van der Waals surface area contributed by atoms with Gasteiger partial charge < -0.3 is 10.1 Å². The molecule has 0 fully saturated rings. The number of rotatable bonds is 5. The standard InChI is InChI=1S/C10H17NO/c1-8(2)9(3)10(12-4)6-5-7-11/h6-7,9,11H,1,5H2,2-4H3/b10-6+,11-7?. The highest BCUT2D eigenvalue weighted by molar-refractivity contribution is 5.55. The Labute approximate surface area is 74.4 Å². The van der Waals surface area contributed by atoms with E-state index in [9.17, 15) is 0 Å². The molecule has 2 heteroatoms. The highest BCUT2D eigenvalue weighted by Crippen LogP contribution is 2.18. The maximum Gasteiger partial charge on any atom is 0.0987 e. The molecule has 0 aromatic heterocycles. The third kappa shape index (κ3) is 3.37. The average Bonchev–Trinajstić information content (AvgIpc) is 2.05. The lowest BCUT2D eigenvalue weighted by Gasteiger charge is -2.14. The molecule has 1 N–H and O–H groups in total. The van der Waals surface area contributed by atoms with E-state index in [0.29, 0.717) is 6.42 Å². The first-order valence-electron chi connectivity index (χ1n) is 4.01. The van der Waals surface area contributed by atoms with Gasteiger partial charge in [0.1, 0.15) is 0 Å². The van der Waals surface area contributed by atoms with Crippen LogP contribution in [0.1, 0.15) is 20.3 Å². The van der Waals surface area contributed by atoms with Crippen molar-refractivity contribution >= 4 is 6.21 Å². The van der Waals surface area contributed by atoms with Crippen LogP contribution in [0, 0.1) is 11.3 Å². The van der Waals surface area contributed by atoms with Crippen LogP contribution < -0.4 is 0 Å². The van der Waals surface area contributed by atoms with Crippen molar-refractivity contribution in [2.24, 2.45) is 5.92 Å². The summed E-state index contributed by atoms with van der Waals surface area (Å²) in [4.78, 5) is 0. The zero-order chi connectivity index (χ0) is 9.56. The molecule has 0 aliphatic heterocycles. The minimum absolute atomic E-state index is 0.245. The number of hydrogen-bond acceptors (Lipinski definition) is 2. The predicted molar refractivity (Wildman–Crippen MR) is 52.5 cm³/mol. The average molecular weight is 167 g/mol. The van der Waals surface area contributed by atoms with Crippen LogP contribution in [0.3, 0.4) is 0 Å². The van der Waals surface area contributed by atoms with Crippen molar-refractivity contribution < 1.29 is 4.74 Å². The van der Waals surface area contributed by atoms with Gasteiger partial charge in [0.05, 0.1) is 12.9 Å². The van der Waals surface area contributed by atoms with E-state index in [1.807, 2.05) is 19.9 Å². The highest BCUT2D eigenvalue weighted by atomic mass is 16.5. The quantitative estimate of drug-likeness (QED) is 0.381. The minimum atomic E-state index is 0.245. The summed E-state index contributed by atoms with van der Waals surface area (Å²) in [5.41, 5.74) is 1.08. The van der Waals surface area contributed by atoms with Gasteiger partial charge >= 0.3 is 0 Å². The molecule has 0 spiro atoms. The fraction of sp³-hybridized carbons (Fsp3) is 0.500. The summed E-state index contributed by atoms with van der Waals surface area (Å²) >= 11 is 0. The third-order valence-electron chi connectivity index (χ3n) is 1.84. The van der Waals surface area contributed by atoms with Gasteiger partial charge in [-0.3, -0.25) is 0 Å². The second kappa shape index (κ2) is 5.58. The normalized spacial score (nSPS) is 13.8. The zero-order valence-corrected chi connectivity index (χ0v) is 8.05. The Morgan fingerprint density at radius 2 is 2.25 bits per heavy atom. The molecule has 12 heavy (non-hydrogen) atoms. The van der Waals surface area contributed by atoms with Crippen LogP contribution in [0.4, 0.5) is 0 Å². The second-order valence-corrected chi connectivity index (χ2v) is 2.82. The molecule has 1 atom stereocenters. The van der Waals surface area contributed by atoms with E-state index < -0.39 is 0 Å². The summed E-state index contributed by atoms with van der Waals surface area (Å²) < 4.78 is 5.17. The van der Waals surface area contributed by atoms with Crippen LogP contribution in [0.15, 0.2) is 24.0 Å². The van der Waals surface area contributed by atoms with Crippen molar-refractivity contribution in [1.82, 2.24) is 0 Å². The van der Waals surface area contributed by atoms with E-state index in [2.05, 4.69) is 6.58 Å². The fourth-order valence-electron chi connectivity index (χ4n) is 0.855. The number of allylic oxidation sites excluding steroid dienone is 2. The Bertz CT molecular complexity index is 194. The molecule has 68 valence electrons. The van der Waals surface area contributed by atoms with Crippen molar-refractivity contribution in [2.45, 2.75) is 20.3 Å². The maximum absolute atomic E-state index is 6.87. The monoisotopic (exact) mass is 167 g/mol. The molecular weight excluding hydrogens is 150 g/mol.